The maximum absolute atomic E-state index is 6.06. The highest BCUT2D eigenvalue weighted by molar-refractivity contribution is 9.10. The van der Waals surface area contributed by atoms with Crippen molar-refractivity contribution in [3.05, 3.63) is 45.7 Å². The summed E-state index contributed by atoms with van der Waals surface area (Å²) in [6.07, 6.45) is 2.42. The highest BCUT2D eigenvalue weighted by atomic mass is 79.9. The number of halogens is 2. The average Bonchev–Trinajstić information content (AvgIpc) is 3.12. The first-order chi connectivity index (χ1) is 8.24. The van der Waals surface area contributed by atoms with Gasteiger partial charge in [0.05, 0.1) is 0 Å². The molecule has 1 aliphatic rings. The van der Waals surface area contributed by atoms with Crippen molar-refractivity contribution in [3.8, 4) is 11.4 Å². The maximum Gasteiger partial charge on any atom is 0.162 e. The molecule has 0 N–H and O–H groups in total. The summed E-state index contributed by atoms with van der Waals surface area (Å²) in [6, 6.07) is 9.80. The van der Waals surface area contributed by atoms with Gasteiger partial charge in [0.25, 0.3) is 0 Å². The van der Waals surface area contributed by atoms with Gasteiger partial charge in [0.15, 0.2) is 5.82 Å². The van der Waals surface area contributed by atoms with Crippen LogP contribution in [-0.4, -0.2) is 9.97 Å². The van der Waals surface area contributed by atoms with Crippen LogP contribution < -0.4 is 0 Å². The highest BCUT2D eigenvalue weighted by Crippen LogP contribution is 2.40. The van der Waals surface area contributed by atoms with Crippen molar-refractivity contribution in [1.29, 1.82) is 0 Å². The number of rotatable bonds is 2. The number of benzene rings is 1. The van der Waals surface area contributed by atoms with Crippen LogP contribution in [0.2, 0.25) is 5.15 Å². The highest BCUT2D eigenvalue weighted by Gasteiger charge is 2.26. The molecule has 1 heterocycles. The molecule has 0 atom stereocenters. The zero-order valence-corrected chi connectivity index (χ0v) is 11.4. The molecule has 1 aromatic carbocycles. The summed E-state index contributed by atoms with van der Waals surface area (Å²) in [5, 5.41) is 0.521. The van der Waals surface area contributed by atoms with Crippen LogP contribution in [0, 0.1) is 0 Å². The first-order valence-electron chi connectivity index (χ1n) is 5.53. The molecule has 0 unspecified atom stereocenters. The molecule has 3 rings (SSSR count). The van der Waals surface area contributed by atoms with Crippen molar-refractivity contribution >= 4 is 27.5 Å². The van der Waals surface area contributed by atoms with E-state index in [4.69, 9.17) is 11.6 Å². The molecule has 0 amide bonds. The van der Waals surface area contributed by atoms with Crippen molar-refractivity contribution in [1.82, 2.24) is 9.97 Å². The van der Waals surface area contributed by atoms with Gasteiger partial charge in [-0.2, -0.15) is 0 Å². The molecule has 0 aliphatic heterocycles. The minimum absolute atomic E-state index is 0.521. The number of hydrogen-bond acceptors (Lipinski definition) is 2. The molecule has 0 radical (unpaired) electrons. The molecule has 86 valence electrons. The lowest BCUT2D eigenvalue weighted by atomic mass is 10.2. The molecule has 1 aliphatic carbocycles. The van der Waals surface area contributed by atoms with Gasteiger partial charge in [-0.25, -0.2) is 9.97 Å². The van der Waals surface area contributed by atoms with E-state index in [0.29, 0.717) is 16.9 Å². The zero-order valence-electron chi connectivity index (χ0n) is 9.03. The molecule has 2 nitrogen and oxygen atoms in total. The standard InChI is InChI=1S/C13H10BrClN2/c14-10-4-2-1-3-9(10)13-16-11(8-5-6-8)7-12(15)17-13/h1-4,7-8H,5-6H2. The van der Waals surface area contributed by atoms with Crippen molar-refractivity contribution in [3.63, 3.8) is 0 Å². The summed E-state index contributed by atoms with van der Waals surface area (Å²) in [6.45, 7) is 0. The monoisotopic (exact) mass is 308 g/mol. The van der Waals surface area contributed by atoms with Gasteiger partial charge in [-0.3, -0.25) is 0 Å². The van der Waals surface area contributed by atoms with Gasteiger partial charge < -0.3 is 0 Å². The fraction of sp³-hybridized carbons (Fsp3) is 0.231. The summed E-state index contributed by atoms with van der Waals surface area (Å²) in [5.41, 5.74) is 2.05. The fourth-order valence-electron chi connectivity index (χ4n) is 1.79. The van der Waals surface area contributed by atoms with E-state index in [1.54, 1.807) is 0 Å². The zero-order chi connectivity index (χ0) is 11.8. The molecular weight excluding hydrogens is 300 g/mol. The maximum atomic E-state index is 6.06. The van der Waals surface area contributed by atoms with Crippen LogP contribution in [0.3, 0.4) is 0 Å². The third-order valence-corrected chi connectivity index (χ3v) is 3.71. The van der Waals surface area contributed by atoms with Crippen molar-refractivity contribution < 1.29 is 0 Å². The Balaban J connectivity index is 2.11. The topological polar surface area (TPSA) is 25.8 Å². The van der Waals surface area contributed by atoms with Crippen LogP contribution in [0.4, 0.5) is 0 Å². The summed E-state index contributed by atoms with van der Waals surface area (Å²) in [4.78, 5) is 8.90. The van der Waals surface area contributed by atoms with Crippen LogP contribution in [0.1, 0.15) is 24.5 Å². The van der Waals surface area contributed by atoms with Crippen LogP contribution in [0.15, 0.2) is 34.8 Å². The minimum Gasteiger partial charge on any atom is -0.233 e. The van der Waals surface area contributed by atoms with Crippen LogP contribution >= 0.6 is 27.5 Å². The molecule has 4 heteroatoms. The molecule has 0 spiro atoms. The molecule has 17 heavy (non-hydrogen) atoms. The molecule has 1 saturated carbocycles. The van der Waals surface area contributed by atoms with Crippen molar-refractivity contribution in [2.45, 2.75) is 18.8 Å². The molecule has 1 fully saturated rings. The van der Waals surface area contributed by atoms with Crippen molar-refractivity contribution in [2.24, 2.45) is 0 Å². The lowest BCUT2D eigenvalue weighted by Crippen LogP contribution is -1.95. The third kappa shape index (κ3) is 2.35. The second-order valence-electron chi connectivity index (χ2n) is 4.19. The van der Waals surface area contributed by atoms with Gasteiger partial charge in [0, 0.05) is 21.6 Å². The SMILES string of the molecule is Clc1cc(C2CC2)nc(-c2ccccc2Br)n1. The normalized spacial score (nSPS) is 14.9. The molecule has 0 saturated heterocycles. The average molecular weight is 310 g/mol. The van der Waals surface area contributed by atoms with E-state index in [2.05, 4.69) is 25.9 Å². The van der Waals surface area contributed by atoms with Gasteiger partial charge >= 0.3 is 0 Å². The van der Waals surface area contributed by atoms with Crippen LogP contribution in [0.25, 0.3) is 11.4 Å². The van der Waals surface area contributed by atoms with Crippen LogP contribution in [0.5, 0.6) is 0 Å². The fourth-order valence-corrected chi connectivity index (χ4v) is 2.44. The Labute approximate surface area is 113 Å². The number of hydrogen-bond donors (Lipinski definition) is 0. The smallest absolute Gasteiger partial charge is 0.162 e. The summed E-state index contributed by atoms with van der Waals surface area (Å²) in [5.74, 6) is 1.28. The Bertz CT molecular complexity index is 567. The predicted octanol–water partition coefficient (Wildman–Crippen LogP) is 4.44. The van der Waals surface area contributed by atoms with Gasteiger partial charge in [0.1, 0.15) is 5.15 Å². The van der Waals surface area contributed by atoms with E-state index in [9.17, 15) is 0 Å². The van der Waals surface area contributed by atoms with Crippen molar-refractivity contribution in [2.75, 3.05) is 0 Å². The van der Waals surface area contributed by atoms with Gasteiger partial charge in [0.2, 0.25) is 0 Å². The van der Waals surface area contributed by atoms with Crippen LogP contribution in [-0.2, 0) is 0 Å². The Morgan fingerprint density at radius 3 is 2.65 bits per heavy atom. The van der Waals surface area contributed by atoms with E-state index in [1.165, 1.54) is 12.8 Å². The Kier molecular flexibility index (Phi) is 2.89. The summed E-state index contributed by atoms with van der Waals surface area (Å²) < 4.78 is 0.990. The van der Waals surface area contributed by atoms with Gasteiger partial charge in [-0.1, -0.05) is 45.7 Å². The van der Waals surface area contributed by atoms with Gasteiger partial charge in [-0.05, 0) is 25.0 Å². The summed E-state index contributed by atoms with van der Waals surface area (Å²) >= 11 is 9.57. The Morgan fingerprint density at radius 2 is 1.94 bits per heavy atom. The lowest BCUT2D eigenvalue weighted by molar-refractivity contribution is 0.993. The molecule has 1 aromatic heterocycles. The first kappa shape index (κ1) is 11.2. The second-order valence-corrected chi connectivity index (χ2v) is 5.43. The Morgan fingerprint density at radius 1 is 1.18 bits per heavy atom. The third-order valence-electron chi connectivity index (χ3n) is 2.83. The van der Waals surface area contributed by atoms with E-state index >= 15 is 0 Å². The first-order valence-corrected chi connectivity index (χ1v) is 6.70. The minimum atomic E-state index is 0.521. The molecule has 2 aromatic rings. The van der Waals surface area contributed by atoms with E-state index in [-0.39, 0.29) is 0 Å². The quantitative estimate of drug-likeness (QED) is 0.767. The number of aromatic nitrogens is 2. The second kappa shape index (κ2) is 4.39. The van der Waals surface area contributed by atoms with E-state index in [1.807, 2.05) is 30.3 Å². The van der Waals surface area contributed by atoms with Gasteiger partial charge in [-0.15, -0.1) is 0 Å². The molecule has 0 bridgehead atoms. The largest absolute Gasteiger partial charge is 0.233 e. The number of nitrogens with zero attached hydrogens (tertiary/aromatic N) is 2. The predicted molar refractivity (Wildman–Crippen MR) is 72.2 cm³/mol. The van der Waals surface area contributed by atoms with E-state index < -0.39 is 0 Å². The molecular formula is C13H10BrClN2. The van der Waals surface area contributed by atoms with E-state index in [0.717, 1.165) is 15.7 Å². The summed E-state index contributed by atoms with van der Waals surface area (Å²) in [7, 11) is 0. The Hall–Kier alpha value is -0.930. The lowest BCUT2D eigenvalue weighted by Gasteiger charge is -2.05.